The molecule has 0 radical (unpaired) electrons. The largest absolute Gasteiger partial charge is 0.456 e. The molecule has 1 aromatic heterocycles. The lowest BCUT2D eigenvalue weighted by atomic mass is 9.82. The number of rotatable bonds is 6. The summed E-state index contributed by atoms with van der Waals surface area (Å²) in [4.78, 5) is 4.76. The molecule has 248 valence electrons. The van der Waals surface area contributed by atoms with E-state index in [1.807, 2.05) is 12.1 Å². The van der Waals surface area contributed by atoms with E-state index in [4.69, 9.17) is 4.42 Å². The minimum Gasteiger partial charge on any atom is -0.456 e. The number of hydrogen-bond acceptors (Lipinski definition) is 3. The maximum absolute atomic E-state index is 6.20. The molecule has 0 bridgehead atoms. The zero-order valence-electron chi connectivity index (χ0n) is 29.1. The van der Waals surface area contributed by atoms with Gasteiger partial charge in [0, 0.05) is 50.0 Å². The van der Waals surface area contributed by atoms with Gasteiger partial charge in [-0.2, -0.15) is 0 Å². The Kier molecular flexibility index (Phi) is 6.84. The highest BCUT2D eigenvalue weighted by Gasteiger charge is 2.36. The maximum Gasteiger partial charge on any atom is 0.135 e. The summed E-state index contributed by atoms with van der Waals surface area (Å²) in [6.45, 7) is 4.72. The molecule has 52 heavy (non-hydrogen) atoms. The van der Waals surface area contributed by atoms with Crippen LogP contribution in [0.4, 0.5) is 34.1 Å². The summed E-state index contributed by atoms with van der Waals surface area (Å²) < 4.78 is 6.20. The van der Waals surface area contributed by atoms with E-state index in [9.17, 15) is 0 Å². The van der Waals surface area contributed by atoms with E-state index in [0.29, 0.717) is 0 Å². The highest BCUT2D eigenvalue weighted by molar-refractivity contribution is 6.06. The van der Waals surface area contributed by atoms with Crippen molar-refractivity contribution in [3.05, 3.63) is 193 Å². The molecule has 0 amide bonds. The summed E-state index contributed by atoms with van der Waals surface area (Å²) >= 11 is 0. The van der Waals surface area contributed by atoms with E-state index in [2.05, 4.69) is 194 Å². The third-order valence-electron chi connectivity index (χ3n) is 10.8. The molecule has 3 nitrogen and oxygen atoms in total. The van der Waals surface area contributed by atoms with Crippen LogP contribution in [0, 0.1) is 0 Å². The second-order valence-electron chi connectivity index (χ2n) is 14.2. The Bertz CT molecular complexity index is 2770. The van der Waals surface area contributed by atoms with Gasteiger partial charge in [0.05, 0.1) is 5.69 Å². The molecule has 9 aromatic rings. The molecule has 10 rings (SSSR count). The number of para-hydroxylation sites is 3. The Hall–Kier alpha value is -6.58. The third-order valence-corrected chi connectivity index (χ3v) is 10.8. The average Bonchev–Trinajstić information content (AvgIpc) is 3.67. The van der Waals surface area contributed by atoms with Gasteiger partial charge in [-0.15, -0.1) is 0 Å². The fourth-order valence-corrected chi connectivity index (χ4v) is 8.29. The molecule has 0 fully saturated rings. The van der Waals surface area contributed by atoms with Crippen LogP contribution in [0.15, 0.2) is 186 Å². The van der Waals surface area contributed by atoms with Crippen molar-refractivity contribution in [1.82, 2.24) is 0 Å². The molecule has 0 aliphatic heterocycles. The SMILES string of the molecule is CC1(C)c2ccc(N(c3ccccc3)c3ccc4oc5ccccc5c4c3)cc2-c2ccc(N(c3ccccc3)c3cccc4ccccc34)cc21. The normalized spacial score (nSPS) is 13.0. The summed E-state index contributed by atoms with van der Waals surface area (Å²) in [6.07, 6.45) is 0. The van der Waals surface area contributed by atoms with Crippen molar-refractivity contribution in [2.45, 2.75) is 19.3 Å². The first-order valence-electron chi connectivity index (χ1n) is 17.9. The van der Waals surface area contributed by atoms with Gasteiger partial charge in [-0.1, -0.05) is 117 Å². The number of nitrogens with zero attached hydrogens (tertiary/aromatic N) is 2. The van der Waals surface area contributed by atoms with Crippen LogP contribution in [0.25, 0.3) is 43.8 Å². The second kappa shape index (κ2) is 11.8. The Morgan fingerprint density at radius 2 is 0.981 bits per heavy atom. The topological polar surface area (TPSA) is 19.6 Å². The van der Waals surface area contributed by atoms with Crippen LogP contribution >= 0.6 is 0 Å². The maximum atomic E-state index is 6.20. The van der Waals surface area contributed by atoms with Gasteiger partial charge < -0.3 is 14.2 Å². The third kappa shape index (κ3) is 4.74. The van der Waals surface area contributed by atoms with Crippen LogP contribution in [0.1, 0.15) is 25.0 Å². The van der Waals surface area contributed by atoms with Crippen LogP contribution in [-0.2, 0) is 5.41 Å². The van der Waals surface area contributed by atoms with E-state index >= 15 is 0 Å². The standard InChI is InChI=1S/C49H36N2O/c1-49(2)44-28-25-36(50(34-16-5-3-6-17-34)37-26-29-48-43(31-37)41-21-11-12-23-47(41)52-48)30-42(44)40-27-24-38(32-45(40)49)51(35-18-7-4-8-19-35)46-22-13-15-33-14-9-10-20-39(33)46/h3-32H,1-2H3. The Morgan fingerprint density at radius 3 is 1.79 bits per heavy atom. The first-order valence-corrected chi connectivity index (χ1v) is 17.9. The van der Waals surface area contributed by atoms with E-state index in [0.717, 1.165) is 50.4 Å². The number of hydrogen-bond donors (Lipinski definition) is 0. The summed E-state index contributed by atoms with van der Waals surface area (Å²) in [5.74, 6) is 0. The summed E-state index contributed by atoms with van der Waals surface area (Å²) in [5, 5.41) is 4.69. The zero-order valence-corrected chi connectivity index (χ0v) is 29.1. The summed E-state index contributed by atoms with van der Waals surface area (Å²) in [5.41, 5.74) is 13.6. The molecule has 1 aliphatic carbocycles. The van der Waals surface area contributed by atoms with Gasteiger partial charge in [0.2, 0.25) is 0 Å². The molecule has 0 N–H and O–H groups in total. The molecular weight excluding hydrogens is 633 g/mol. The highest BCUT2D eigenvalue weighted by atomic mass is 16.3. The van der Waals surface area contributed by atoms with Crippen molar-refractivity contribution in [3.63, 3.8) is 0 Å². The predicted molar refractivity (Wildman–Crippen MR) is 218 cm³/mol. The van der Waals surface area contributed by atoms with Gasteiger partial charge in [0.1, 0.15) is 11.2 Å². The van der Waals surface area contributed by atoms with Crippen molar-refractivity contribution < 1.29 is 4.42 Å². The van der Waals surface area contributed by atoms with Crippen molar-refractivity contribution >= 4 is 66.8 Å². The fraction of sp³-hybridized carbons (Fsp3) is 0.0612. The van der Waals surface area contributed by atoms with E-state index in [-0.39, 0.29) is 5.41 Å². The minimum absolute atomic E-state index is 0.188. The van der Waals surface area contributed by atoms with Crippen molar-refractivity contribution in [2.75, 3.05) is 9.80 Å². The van der Waals surface area contributed by atoms with Gasteiger partial charge in [-0.3, -0.25) is 0 Å². The fourth-order valence-electron chi connectivity index (χ4n) is 8.29. The zero-order chi connectivity index (χ0) is 34.8. The van der Waals surface area contributed by atoms with Gasteiger partial charge >= 0.3 is 0 Å². The van der Waals surface area contributed by atoms with Crippen molar-refractivity contribution in [2.24, 2.45) is 0 Å². The number of benzene rings is 8. The molecule has 0 atom stereocenters. The smallest absolute Gasteiger partial charge is 0.135 e. The Balaban J connectivity index is 1.12. The molecule has 3 heteroatoms. The lowest BCUT2D eigenvalue weighted by Crippen LogP contribution is -2.17. The number of furan rings is 1. The molecule has 1 heterocycles. The average molecular weight is 669 g/mol. The molecule has 0 spiro atoms. The molecule has 1 aliphatic rings. The predicted octanol–water partition coefficient (Wildman–Crippen LogP) is 14.0. The number of anilines is 6. The molecule has 0 saturated heterocycles. The molecule has 0 saturated carbocycles. The Morgan fingerprint density at radius 1 is 0.385 bits per heavy atom. The van der Waals surface area contributed by atoms with Crippen LogP contribution in [0.5, 0.6) is 0 Å². The van der Waals surface area contributed by atoms with E-state index in [1.165, 1.54) is 38.7 Å². The van der Waals surface area contributed by atoms with E-state index in [1.54, 1.807) is 0 Å². The van der Waals surface area contributed by atoms with Gasteiger partial charge in [-0.05, 0) is 107 Å². The van der Waals surface area contributed by atoms with E-state index < -0.39 is 0 Å². The van der Waals surface area contributed by atoms with Crippen molar-refractivity contribution in [1.29, 1.82) is 0 Å². The lowest BCUT2D eigenvalue weighted by molar-refractivity contribution is 0.660. The summed E-state index contributed by atoms with van der Waals surface area (Å²) in [6, 6.07) is 65.4. The van der Waals surface area contributed by atoms with Crippen molar-refractivity contribution in [3.8, 4) is 11.1 Å². The monoisotopic (exact) mass is 668 g/mol. The van der Waals surface area contributed by atoms with Gasteiger partial charge in [-0.25, -0.2) is 0 Å². The van der Waals surface area contributed by atoms with Crippen LogP contribution in [-0.4, -0.2) is 0 Å². The van der Waals surface area contributed by atoms with Crippen LogP contribution in [0.3, 0.4) is 0 Å². The second-order valence-corrected chi connectivity index (χ2v) is 14.2. The molecule has 8 aromatic carbocycles. The summed E-state index contributed by atoms with van der Waals surface area (Å²) in [7, 11) is 0. The lowest BCUT2D eigenvalue weighted by Gasteiger charge is -2.29. The molecule has 0 unspecified atom stereocenters. The highest BCUT2D eigenvalue weighted by Crippen LogP contribution is 2.53. The van der Waals surface area contributed by atoms with Crippen LogP contribution < -0.4 is 9.80 Å². The van der Waals surface area contributed by atoms with Gasteiger partial charge in [0.15, 0.2) is 0 Å². The molecular formula is C49H36N2O. The van der Waals surface area contributed by atoms with Gasteiger partial charge in [0.25, 0.3) is 0 Å². The number of fused-ring (bicyclic) bond motifs is 7. The minimum atomic E-state index is -0.188. The Labute approximate surface area is 303 Å². The van der Waals surface area contributed by atoms with Crippen LogP contribution in [0.2, 0.25) is 0 Å². The first-order chi connectivity index (χ1) is 25.5. The first kappa shape index (κ1) is 30.3. The quantitative estimate of drug-likeness (QED) is 0.176.